The maximum Gasteiger partial charge on any atom is 0.244 e. The molecule has 0 N–H and O–H groups in total. The van der Waals surface area contributed by atoms with Gasteiger partial charge in [-0.25, -0.2) is 0 Å². The molecule has 3 aromatic heterocycles. The summed E-state index contributed by atoms with van der Waals surface area (Å²) < 4.78 is 7.14. The number of pyridine rings is 1. The van der Waals surface area contributed by atoms with Crippen LogP contribution in [0.3, 0.4) is 0 Å². The van der Waals surface area contributed by atoms with Crippen LogP contribution in [0.2, 0.25) is 0 Å². The fourth-order valence-corrected chi connectivity index (χ4v) is 3.65. The van der Waals surface area contributed by atoms with Crippen molar-refractivity contribution in [3.63, 3.8) is 0 Å². The Balaban J connectivity index is 1.90. The van der Waals surface area contributed by atoms with Crippen LogP contribution >= 0.6 is 11.3 Å². The van der Waals surface area contributed by atoms with Crippen LogP contribution in [0.15, 0.2) is 69.8 Å². The highest BCUT2D eigenvalue weighted by molar-refractivity contribution is 7.77. The number of nitrogens with zero attached hydrogens (tertiary/aromatic N) is 2. The number of ketones is 1. The number of Topliss-reactive ketones (excluding diaryl/α,β-unsaturated/α-hetero) is 1. The highest BCUT2D eigenvalue weighted by Gasteiger charge is 2.29. The van der Waals surface area contributed by atoms with Crippen molar-refractivity contribution >= 4 is 34.8 Å². The third-order valence-electron chi connectivity index (χ3n) is 3.98. The third kappa shape index (κ3) is 4.45. The Morgan fingerprint density at radius 3 is 2.69 bits per heavy atom. The smallest absolute Gasteiger partial charge is 0.244 e. The number of aromatic nitrogens is 1. The lowest BCUT2D eigenvalue weighted by Gasteiger charge is -2.18. The van der Waals surface area contributed by atoms with E-state index in [2.05, 4.69) is 11.9 Å². The van der Waals surface area contributed by atoms with E-state index in [0.29, 0.717) is 16.5 Å². The van der Waals surface area contributed by atoms with Crippen LogP contribution in [0.25, 0.3) is 0 Å². The summed E-state index contributed by atoms with van der Waals surface area (Å²) in [5, 5.41) is 2.25. The molecule has 0 spiro atoms. The van der Waals surface area contributed by atoms with Gasteiger partial charge in [0, 0.05) is 12.1 Å². The van der Waals surface area contributed by atoms with E-state index in [9.17, 15) is 4.79 Å². The van der Waals surface area contributed by atoms with Crippen LogP contribution in [0.4, 0.5) is 0 Å². The zero-order valence-corrected chi connectivity index (χ0v) is 16.1. The summed E-state index contributed by atoms with van der Waals surface area (Å²) in [6.45, 7) is 2.47. The zero-order chi connectivity index (χ0) is 18.4. The average Bonchev–Trinajstić information content (AvgIpc) is 3.36. The summed E-state index contributed by atoms with van der Waals surface area (Å²) in [5.41, 5.74) is 1.24. The van der Waals surface area contributed by atoms with Gasteiger partial charge in [0.05, 0.1) is 17.7 Å². The van der Waals surface area contributed by atoms with Crippen LogP contribution < -0.4 is 4.57 Å². The highest BCUT2D eigenvalue weighted by Crippen LogP contribution is 2.17. The van der Waals surface area contributed by atoms with Gasteiger partial charge in [0.1, 0.15) is 5.76 Å². The number of thiophene rings is 1. The molecule has 0 saturated carbocycles. The van der Waals surface area contributed by atoms with Crippen molar-refractivity contribution in [3.05, 3.63) is 76.6 Å². The minimum absolute atomic E-state index is 0.0403. The fraction of sp³-hybridized carbons (Fsp3) is 0.250. The topological polar surface area (TPSA) is 46.5 Å². The van der Waals surface area contributed by atoms with Crippen molar-refractivity contribution < 1.29 is 13.8 Å². The van der Waals surface area contributed by atoms with E-state index in [0.717, 1.165) is 18.6 Å². The lowest BCUT2D eigenvalue weighted by atomic mass is 10.1. The molecule has 0 fully saturated rings. The number of aliphatic imine (C=N–C) groups is 1. The number of hydrogen-bond donors (Lipinski definition) is 0. The van der Waals surface area contributed by atoms with Gasteiger partial charge in [-0.15, -0.1) is 11.3 Å². The molecule has 3 rings (SSSR count). The summed E-state index contributed by atoms with van der Waals surface area (Å²) in [5.74, 6) is 0.680. The fourth-order valence-electron chi connectivity index (χ4n) is 2.67. The largest absolute Gasteiger partial charge is 0.758 e. The molecule has 0 aliphatic rings. The molecule has 0 unspecified atom stereocenters. The predicted octanol–water partition coefficient (Wildman–Crippen LogP) is 4.15. The van der Waals surface area contributed by atoms with Crippen LogP contribution in [-0.2, 0) is 25.6 Å². The molecule has 0 bridgehead atoms. The average molecular weight is 385 g/mol. The second-order valence-electron chi connectivity index (χ2n) is 5.88. The van der Waals surface area contributed by atoms with Gasteiger partial charge in [0.2, 0.25) is 11.8 Å². The second kappa shape index (κ2) is 8.87. The van der Waals surface area contributed by atoms with E-state index in [4.69, 9.17) is 17.0 Å². The molecule has 0 aliphatic carbocycles. The predicted molar refractivity (Wildman–Crippen MR) is 106 cm³/mol. The molecule has 0 aromatic carbocycles. The minimum Gasteiger partial charge on any atom is -0.758 e. The van der Waals surface area contributed by atoms with E-state index < -0.39 is 6.04 Å². The van der Waals surface area contributed by atoms with Gasteiger partial charge in [-0.3, -0.25) is 4.79 Å². The number of rotatable bonds is 8. The molecule has 0 saturated heterocycles. The number of carbonyl (C=O) groups is 1. The van der Waals surface area contributed by atoms with Gasteiger partial charge >= 0.3 is 0 Å². The molecule has 0 radical (unpaired) electrons. The molecule has 3 heterocycles. The Morgan fingerprint density at radius 1 is 1.27 bits per heavy atom. The van der Waals surface area contributed by atoms with E-state index >= 15 is 0 Å². The van der Waals surface area contributed by atoms with Crippen molar-refractivity contribution in [1.29, 1.82) is 0 Å². The number of aryl methyl sites for hydroxylation is 1. The van der Waals surface area contributed by atoms with Crippen molar-refractivity contribution in [3.8, 4) is 0 Å². The van der Waals surface area contributed by atoms with Crippen LogP contribution in [0.1, 0.15) is 40.4 Å². The molecular formula is C20H20N2O2S2. The summed E-state index contributed by atoms with van der Waals surface area (Å²) in [4.78, 5) is 18.1. The first-order valence-corrected chi connectivity index (χ1v) is 9.79. The normalized spacial score (nSPS) is 12.9. The van der Waals surface area contributed by atoms with Crippen LogP contribution in [0, 0.1) is 0 Å². The third-order valence-corrected chi connectivity index (χ3v) is 5.21. The standard InChI is InChI=1S/C20H20N2O2S2/c1-2-5-15-8-10-22(11-9-15)18(19(23)17-7-4-13-26-17)20(25)21-14-16-6-3-12-24-16/h3-4,6-13,18H,2,5,14H2,1H3/t18-/m0/s1. The van der Waals surface area contributed by atoms with Crippen molar-refractivity contribution in [2.24, 2.45) is 4.99 Å². The maximum absolute atomic E-state index is 13.0. The molecule has 1 atom stereocenters. The Hall–Kier alpha value is -2.31. The second-order valence-corrected chi connectivity index (χ2v) is 7.25. The molecular weight excluding hydrogens is 364 g/mol. The molecule has 0 amide bonds. The number of furan rings is 1. The molecule has 134 valence electrons. The van der Waals surface area contributed by atoms with Gasteiger partial charge < -0.3 is 22.0 Å². The quantitative estimate of drug-likeness (QED) is 0.193. The Morgan fingerprint density at radius 2 is 2.08 bits per heavy atom. The number of carbonyl (C=O) groups excluding carboxylic acids is 1. The molecule has 3 aromatic rings. The summed E-state index contributed by atoms with van der Waals surface area (Å²) in [6, 6.07) is 10.8. The highest BCUT2D eigenvalue weighted by atomic mass is 32.1. The van der Waals surface area contributed by atoms with Gasteiger partial charge in [0.25, 0.3) is 0 Å². The lowest BCUT2D eigenvalue weighted by Crippen LogP contribution is -2.47. The van der Waals surface area contributed by atoms with Crippen LogP contribution in [0.5, 0.6) is 0 Å². The molecule has 6 heteroatoms. The maximum atomic E-state index is 13.0. The number of hydrogen-bond acceptors (Lipinski definition) is 5. The molecule has 0 aliphatic heterocycles. The zero-order valence-electron chi connectivity index (χ0n) is 14.5. The monoisotopic (exact) mass is 384 g/mol. The van der Waals surface area contributed by atoms with Crippen molar-refractivity contribution in [1.82, 2.24) is 0 Å². The van der Waals surface area contributed by atoms with Gasteiger partial charge in [-0.05, 0) is 40.6 Å². The Labute approximate surface area is 162 Å². The first-order chi connectivity index (χ1) is 12.7. The van der Waals surface area contributed by atoms with E-state index in [-0.39, 0.29) is 5.78 Å². The summed E-state index contributed by atoms with van der Waals surface area (Å²) in [7, 11) is 0. The van der Waals surface area contributed by atoms with E-state index in [1.165, 1.54) is 16.9 Å². The SMILES string of the molecule is CCCc1cc[n+]([C@@H](C(=O)c2cccs2)C([S-])=NCc2ccco2)cc1. The minimum atomic E-state index is -0.630. The Kier molecular flexibility index (Phi) is 6.30. The van der Waals surface area contributed by atoms with Crippen molar-refractivity contribution in [2.45, 2.75) is 32.4 Å². The van der Waals surface area contributed by atoms with Crippen LogP contribution in [-0.4, -0.2) is 10.8 Å². The van der Waals surface area contributed by atoms with Crippen molar-refractivity contribution in [2.75, 3.05) is 0 Å². The van der Waals surface area contributed by atoms with Gasteiger partial charge in [0.15, 0.2) is 12.4 Å². The van der Waals surface area contributed by atoms with E-state index in [1.807, 2.05) is 58.7 Å². The Bertz CT molecular complexity index is 854. The molecule has 26 heavy (non-hydrogen) atoms. The van der Waals surface area contributed by atoms with Gasteiger partial charge in [-0.1, -0.05) is 19.4 Å². The first-order valence-electron chi connectivity index (χ1n) is 8.50. The molecule has 4 nitrogen and oxygen atoms in total. The van der Waals surface area contributed by atoms with E-state index in [1.54, 1.807) is 6.26 Å². The first kappa shape index (κ1) is 18.5. The summed E-state index contributed by atoms with van der Waals surface area (Å²) in [6.07, 6.45) is 7.52. The van der Waals surface area contributed by atoms with Gasteiger partial charge in [-0.2, -0.15) is 4.57 Å². The summed E-state index contributed by atoms with van der Waals surface area (Å²) >= 11 is 6.94. The lowest BCUT2D eigenvalue weighted by molar-refractivity contribution is -0.691.